The van der Waals surface area contributed by atoms with E-state index in [0.717, 1.165) is 0 Å². The van der Waals surface area contributed by atoms with Crippen LogP contribution in [0.2, 0.25) is 0 Å². The molecule has 5 rings (SSSR count). The van der Waals surface area contributed by atoms with E-state index in [1.807, 2.05) is 6.92 Å². The quantitative estimate of drug-likeness (QED) is 0.171. The molecule has 2 saturated carbocycles. The van der Waals surface area contributed by atoms with Gasteiger partial charge in [-0.25, -0.2) is 0 Å². The molecular formula is C24H41O12+. The minimum Gasteiger partial charge on any atom is -0.427 e. The van der Waals surface area contributed by atoms with Crippen LogP contribution in [0.25, 0.3) is 0 Å². The van der Waals surface area contributed by atoms with E-state index in [2.05, 4.69) is 0 Å². The van der Waals surface area contributed by atoms with Gasteiger partial charge in [0.25, 0.3) is 0 Å². The Labute approximate surface area is 209 Å². The van der Waals surface area contributed by atoms with Crippen molar-refractivity contribution in [3.05, 3.63) is 0 Å². The molecule has 9 N–H and O–H groups in total. The lowest BCUT2D eigenvalue weighted by atomic mass is 9.64. The van der Waals surface area contributed by atoms with E-state index < -0.39 is 73.9 Å². The summed E-state index contributed by atoms with van der Waals surface area (Å²) in [5, 5.41) is 82.2. The Bertz CT molecular complexity index is 741. The van der Waals surface area contributed by atoms with Gasteiger partial charge in [0.15, 0.2) is 18.5 Å². The summed E-state index contributed by atoms with van der Waals surface area (Å²) in [5.41, 5.74) is 0. The molecule has 0 aromatic carbocycles. The van der Waals surface area contributed by atoms with Gasteiger partial charge in [-0.3, -0.25) is 0 Å². The van der Waals surface area contributed by atoms with Crippen LogP contribution >= 0.6 is 0 Å². The van der Waals surface area contributed by atoms with Crippen molar-refractivity contribution in [2.75, 3.05) is 6.61 Å². The van der Waals surface area contributed by atoms with E-state index in [1.165, 1.54) is 0 Å². The zero-order valence-corrected chi connectivity index (χ0v) is 20.3. The summed E-state index contributed by atoms with van der Waals surface area (Å²) in [6, 6.07) is 0. The van der Waals surface area contributed by atoms with Crippen molar-refractivity contribution < 1.29 is 59.8 Å². The van der Waals surface area contributed by atoms with Gasteiger partial charge >= 0.3 is 0 Å². The number of aliphatic hydroxyl groups excluding tert-OH is 8. The lowest BCUT2D eigenvalue weighted by Crippen LogP contribution is -2.68. The zero-order valence-electron chi connectivity index (χ0n) is 20.3. The molecule has 2 aliphatic carbocycles. The van der Waals surface area contributed by atoms with E-state index in [1.54, 1.807) is 0 Å². The van der Waals surface area contributed by atoms with Gasteiger partial charge < -0.3 is 59.8 Å². The molecule has 3 aliphatic heterocycles. The molecule has 15 unspecified atom stereocenters. The highest BCUT2D eigenvalue weighted by Crippen LogP contribution is 2.49. The van der Waals surface area contributed by atoms with Crippen molar-refractivity contribution in [1.29, 1.82) is 0 Å². The minimum atomic E-state index is -1.59. The molecule has 0 bridgehead atoms. The summed E-state index contributed by atoms with van der Waals surface area (Å²) in [4.78, 5) is 0. The summed E-state index contributed by atoms with van der Waals surface area (Å²) in [7, 11) is 0. The number of ether oxygens (including phenoxy) is 4. The van der Waals surface area contributed by atoms with Crippen LogP contribution in [-0.4, -0.2) is 138 Å². The standard InChI is InChI=1S/C24H40O12/c1-8-2-11-17-14(33-8)5-10(26)6-15(17)34-22(9-3-12(27)18(29)13(28)4-9)23(11)36-24-21(32)20(31)19(30)16(7-25)35-24/h8-32H,2-7H2,1H3/p+1. The maximum absolute atomic E-state index is 10.7. The molecule has 3 saturated heterocycles. The van der Waals surface area contributed by atoms with E-state index in [0.29, 0.717) is 19.3 Å². The predicted octanol–water partition coefficient (Wildman–Crippen LogP) is -3.49. The number of aliphatic hydroxyl groups is 10. The van der Waals surface area contributed by atoms with Crippen molar-refractivity contribution >= 4 is 0 Å². The molecule has 3 heterocycles. The molecule has 0 aromatic rings. The molecule has 0 spiro atoms. The van der Waals surface area contributed by atoms with E-state index in [-0.39, 0.29) is 48.9 Å². The zero-order chi connectivity index (χ0) is 25.9. The lowest BCUT2D eigenvalue weighted by molar-refractivity contribution is -0.380. The van der Waals surface area contributed by atoms with Gasteiger partial charge in [0, 0.05) is 24.7 Å². The van der Waals surface area contributed by atoms with Gasteiger partial charge in [0.1, 0.15) is 36.6 Å². The van der Waals surface area contributed by atoms with Gasteiger partial charge in [-0.2, -0.15) is 0 Å². The molecule has 12 heteroatoms. The van der Waals surface area contributed by atoms with Crippen LogP contribution in [0.4, 0.5) is 0 Å². The van der Waals surface area contributed by atoms with Gasteiger partial charge in [0.2, 0.25) is 0 Å². The molecule has 208 valence electrons. The maximum atomic E-state index is 10.7. The fourth-order valence-corrected chi connectivity index (χ4v) is 7.32. The van der Waals surface area contributed by atoms with E-state index in [4.69, 9.17) is 18.9 Å². The summed E-state index contributed by atoms with van der Waals surface area (Å²) in [6.45, 7) is 1.36. The number of hydrogen-bond donors (Lipinski definition) is 8. The SMILES string of the molecule is CC1CC2C(OC3OC(CO)C(O)C(O)C3O)C(C3CC(O)C(O)C(O)C3)[OH+]C3CC(O)CC(O1)C32. The predicted molar refractivity (Wildman–Crippen MR) is 120 cm³/mol. The van der Waals surface area contributed by atoms with Gasteiger partial charge in [-0.15, -0.1) is 0 Å². The Kier molecular flexibility index (Phi) is 7.97. The summed E-state index contributed by atoms with van der Waals surface area (Å²) in [6.07, 6.45) is -11.2. The first kappa shape index (κ1) is 27.1. The highest BCUT2D eigenvalue weighted by atomic mass is 16.7. The number of hydrogen-bond acceptors (Lipinski definition) is 11. The molecule has 0 amide bonds. The van der Waals surface area contributed by atoms with Crippen LogP contribution in [0.15, 0.2) is 0 Å². The van der Waals surface area contributed by atoms with Crippen LogP contribution in [0.5, 0.6) is 0 Å². The monoisotopic (exact) mass is 521 g/mol. The molecule has 36 heavy (non-hydrogen) atoms. The molecule has 5 fully saturated rings. The average Bonchev–Trinajstić information content (AvgIpc) is 2.83. The highest BCUT2D eigenvalue weighted by Gasteiger charge is 2.61. The molecule has 0 radical (unpaired) electrons. The Morgan fingerprint density at radius 1 is 0.806 bits per heavy atom. The second-order valence-electron chi connectivity index (χ2n) is 11.4. The Morgan fingerprint density at radius 3 is 2.17 bits per heavy atom. The van der Waals surface area contributed by atoms with Crippen molar-refractivity contribution in [2.45, 2.75) is 125 Å². The maximum Gasteiger partial charge on any atom is 0.187 e. The van der Waals surface area contributed by atoms with Crippen LogP contribution in [0.3, 0.4) is 0 Å². The van der Waals surface area contributed by atoms with Crippen molar-refractivity contribution in [3.8, 4) is 0 Å². The summed E-state index contributed by atoms with van der Waals surface area (Å²) >= 11 is 0. The topological polar surface area (TPSA) is 202 Å². The van der Waals surface area contributed by atoms with E-state index >= 15 is 0 Å². The van der Waals surface area contributed by atoms with Gasteiger partial charge in [-0.05, 0) is 26.2 Å². The second-order valence-corrected chi connectivity index (χ2v) is 11.4. The Balaban J connectivity index is 1.46. The normalized spacial score (nSPS) is 57.8. The summed E-state index contributed by atoms with van der Waals surface area (Å²) < 4.78 is 23.3. The first-order valence-electron chi connectivity index (χ1n) is 13.1. The average molecular weight is 522 g/mol. The smallest absolute Gasteiger partial charge is 0.187 e. The Hall–Kier alpha value is -0.480. The third kappa shape index (κ3) is 4.85. The third-order valence-corrected chi connectivity index (χ3v) is 9.02. The van der Waals surface area contributed by atoms with Gasteiger partial charge in [0.05, 0.1) is 43.0 Å². The molecule has 0 aromatic heterocycles. The largest absolute Gasteiger partial charge is 0.427 e. The fraction of sp³-hybridized carbons (Fsp3) is 1.00. The van der Waals surface area contributed by atoms with Crippen molar-refractivity contribution in [2.24, 2.45) is 17.8 Å². The first-order chi connectivity index (χ1) is 17.1. The first-order valence-corrected chi connectivity index (χ1v) is 13.1. The van der Waals surface area contributed by atoms with Crippen LogP contribution in [-0.2, 0) is 14.2 Å². The second kappa shape index (κ2) is 10.6. The van der Waals surface area contributed by atoms with Crippen LogP contribution in [0, 0.1) is 17.8 Å². The number of rotatable bonds is 4. The minimum absolute atomic E-state index is 0.0558. The van der Waals surface area contributed by atoms with Crippen molar-refractivity contribution in [3.63, 3.8) is 0 Å². The Morgan fingerprint density at radius 2 is 1.50 bits per heavy atom. The molecule has 5 aliphatic rings. The van der Waals surface area contributed by atoms with Crippen molar-refractivity contribution in [1.82, 2.24) is 0 Å². The molecular weight excluding hydrogens is 480 g/mol. The highest BCUT2D eigenvalue weighted by molar-refractivity contribution is 5.05. The molecule has 12 nitrogen and oxygen atoms in total. The fourth-order valence-electron chi connectivity index (χ4n) is 7.32. The van der Waals surface area contributed by atoms with E-state index in [9.17, 15) is 40.9 Å². The summed E-state index contributed by atoms with van der Waals surface area (Å²) in [5.74, 6) is -0.531. The lowest BCUT2D eigenvalue weighted by Gasteiger charge is -2.55. The van der Waals surface area contributed by atoms with Gasteiger partial charge in [-0.1, -0.05) is 0 Å². The van der Waals surface area contributed by atoms with Crippen LogP contribution < -0.4 is 0 Å². The molecule has 15 atom stereocenters. The van der Waals surface area contributed by atoms with Crippen LogP contribution in [0.1, 0.15) is 39.0 Å². The third-order valence-electron chi connectivity index (χ3n) is 9.02.